The maximum absolute atomic E-state index is 3.57. The van der Waals surface area contributed by atoms with Crippen LogP contribution < -0.4 is 5.32 Å². The predicted octanol–water partition coefficient (Wildman–Crippen LogP) is 3.25. The van der Waals surface area contributed by atoms with Crippen molar-refractivity contribution in [3.8, 4) is 0 Å². The van der Waals surface area contributed by atoms with Crippen molar-refractivity contribution in [2.24, 2.45) is 0 Å². The molecule has 0 unspecified atom stereocenters. The van der Waals surface area contributed by atoms with Gasteiger partial charge in [0.2, 0.25) is 0 Å². The smallest absolute Gasteiger partial charge is 0.0300 e. The summed E-state index contributed by atoms with van der Waals surface area (Å²) in [5.74, 6) is 0. The molecule has 1 aliphatic rings. The summed E-state index contributed by atoms with van der Waals surface area (Å²) in [5.41, 5.74) is 3.09. The number of benzene rings is 1. The lowest BCUT2D eigenvalue weighted by Gasteiger charge is -2.19. The molecule has 3 rings (SSSR count). The Morgan fingerprint density at radius 1 is 1.05 bits per heavy atom. The Morgan fingerprint density at radius 3 is 2.38 bits per heavy atom. The quantitative estimate of drug-likeness (QED) is 0.853. The lowest BCUT2D eigenvalue weighted by atomic mass is 10.0. The van der Waals surface area contributed by atoms with Gasteiger partial charge in [0.1, 0.15) is 0 Å². The second-order valence-electron chi connectivity index (χ2n) is 5.80. The second kappa shape index (κ2) is 7.21. The van der Waals surface area contributed by atoms with Crippen LogP contribution >= 0.6 is 11.3 Å². The Hall–Kier alpha value is -1.16. The first-order valence-electron chi connectivity index (χ1n) is 7.86. The SMILES string of the molecule is Cc1ccc(CNCCN2CCc3ccccc3CC2)s1. The highest BCUT2D eigenvalue weighted by Crippen LogP contribution is 2.16. The zero-order valence-corrected chi connectivity index (χ0v) is 13.6. The summed E-state index contributed by atoms with van der Waals surface area (Å²) in [6.45, 7) is 7.79. The summed E-state index contributed by atoms with van der Waals surface area (Å²) in [6, 6.07) is 13.3. The fraction of sp³-hybridized carbons (Fsp3) is 0.444. The van der Waals surface area contributed by atoms with Gasteiger partial charge in [0, 0.05) is 42.5 Å². The van der Waals surface area contributed by atoms with Crippen LogP contribution in [0.1, 0.15) is 20.9 Å². The van der Waals surface area contributed by atoms with Crippen LogP contribution in [-0.2, 0) is 19.4 Å². The van der Waals surface area contributed by atoms with Crippen LogP contribution in [0.4, 0.5) is 0 Å². The minimum atomic E-state index is 1.01. The molecule has 0 bridgehead atoms. The third-order valence-corrected chi connectivity index (χ3v) is 5.21. The Morgan fingerprint density at radius 2 is 1.76 bits per heavy atom. The van der Waals surface area contributed by atoms with Crippen molar-refractivity contribution in [2.75, 3.05) is 26.2 Å². The number of nitrogens with one attached hydrogen (secondary N) is 1. The molecule has 3 heteroatoms. The van der Waals surface area contributed by atoms with Crippen LogP contribution in [-0.4, -0.2) is 31.1 Å². The van der Waals surface area contributed by atoms with Crippen molar-refractivity contribution in [3.05, 3.63) is 57.3 Å². The summed E-state index contributed by atoms with van der Waals surface area (Å²) in [5, 5.41) is 3.57. The van der Waals surface area contributed by atoms with Crippen molar-refractivity contribution in [3.63, 3.8) is 0 Å². The molecular formula is C18H24N2S. The molecule has 0 saturated carbocycles. The first-order chi connectivity index (χ1) is 10.3. The standard InChI is InChI=1S/C18H24N2S/c1-15-6-7-18(21-15)14-19-10-13-20-11-8-16-4-2-3-5-17(16)9-12-20/h2-7,19H,8-14H2,1H3. The van der Waals surface area contributed by atoms with Gasteiger partial charge in [-0.15, -0.1) is 11.3 Å². The monoisotopic (exact) mass is 300 g/mol. The number of rotatable bonds is 5. The van der Waals surface area contributed by atoms with Gasteiger partial charge in [-0.05, 0) is 43.0 Å². The number of thiophene rings is 1. The Balaban J connectivity index is 1.41. The minimum absolute atomic E-state index is 1.01. The maximum Gasteiger partial charge on any atom is 0.0300 e. The molecule has 21 heavy (non-hydrogen) atoms. The van der Waals surface area contributed by atoms with Crippen molar-refractivity contribution in [1.82, 2.24) is 10.2 Å². The molecule has 0 atom stereocenters. The van der Waals surface area contributed by atoms with E-state index < -0.39 is 0 Å². The van der Waals surface area contributed by atoms with Gasteiger partial charge in [-0.2, -0.15) is 0 Å². The molecule has 1 aromatic carbocycles. The third-order valence-electron chi connectivity index (χ3n) is 4.21. The summed E-state index contributed by atoms with van der Waals surface area (Å²) in [4.78, 5) is 5.43. The molecule has 0 saturated heterocycles. The number of hydrogen-bond donors (Lipinski definition) is 1. The molecular weight excluding hydrogens is 276 g/mol. The fourth-order valence-corrected chi connectivity index (χ4v) is 3.83. The first-order valence-corrected chi connectivity index (χ1v) is 8.68. The molecule has 2 heterocycles. The van der Waals surface area contributed by atoms with Crippen molar-refractivity contribution >= 4 is 11.3 Å². The van der Waals surface area contributed by atoms with E-state index >= 15 is 0 Å². The molecule has 0 amide bonds. The number of fused-ring (bicyclic) bond motifs is 1. The zero-order chi connectivity index (χ0) is 14.5. The fourth-order valence-electron chi connectivity index (χ4n) is 2.97. The Kier molecular flexibility index (Phi) is 5.07. The average molecular weight is 300 g/mol. The van der Waals surface area contributed by atoms with Gasteiger partial charge < -0.3 is 10.2 Å². The molecule has 2 aromatic rings. The lowest BCUT2D eigenvalue weighted by Crippen LogP contribution is -2.33. The Bertz CT molecular complexity index is 549. The zero-order valence-electron chi connectivity index (χ0n) is 12.8. The van der Waals surface area contributed by atoms with E-state index in [4.69, 9.17) is 0 Å². The Labute approximate surface area is 131 Å². The number of hydrogen-bond acceptors (Lipinski definition) is 3. The molecule has 0 radical (unpaired) electrons. The number of nitrogens with zero attached hydrogens (tertiary/aromatic N) is 1. The molecule has 0 aliphatic carbocycles. The van der Waals surface area contributed by atoms with Gasteiger partial charge in [0.25, 0.3) is 0 Å². The molecule has 1 aromatic heterocycles. The van der Waals surface area contributed by atoms with Crippen LogP contribution in [0.3, 0.4) is 0 Å². The van der Waals surface area contributed by atoms with E-state index in [0.29, 0.717) is 0 Å². The molecule has 0 spiro atoms. The van der Waals surface area contributed by atoms with Crippen molar-refractivity contribution in [2.45, 2.75) is 26.3 Å². The van der Waals surface area contributed by atoms with E-state index in [-0.39, 0.29) is 0 Å². The van der Waals surface area contributed by atoms with Crippen LogP contribution in [0.2, 0.25) is 0 Å². The van der Waals surface area contributed by atoms with Crippen molar-refractivity contribution in [1.29, 1.82) is 0 Å². The van der Waals surface area contributed by atoms with E-state index in [1.807, 2.05) is 11.3 Å². The van der Waals surface area contributed by atoms with Gasteiger partial charge in [-0.3, -0.25) is 0 Å². The van der Waals surface area contributed by atoms with Gasteiger partial charge in [-0.1, -0.05) is 24.3 Å². The molecule has 1 aliphatic heterocycles. The largest absolute Gasteiger partial charge is 0.311 e. The van der Waals surface area contributed by atoms with Crippen molar-refractivity contribution < 1.29 is 0 Å². The average Bonchev–Trinajstić information content (AvgIpc) is 2.80. The van der Waals surface area contributed by atoms with Gasteiger partial charge in [0.15, 0.2) is 0 Å². The molecule has 2 nitrogen and oxygen atoms in total. The van der Waals surface area contributed by atoms with Gasteiger partial charge >= 0.3 is 0 Å². The van der Waals surface area contributed by atoms with E-state index in [2.05, 4.69) is 53.5 Å². The van der Waals surface area contributed by atoms with Crippen LogP contribution in [0.25, 0.3) is 0 Å². The maximum atomic E-state index is 3.57. The van der Waals surface area contributed by atoms with Crippen LogP contribution in [0.15, 0.2) is 36.4 Å². The minimum Gasteiger partial charge on any atom is -0.311 e. The highest BCUT2D eigenvalue weighted by atomic mass is 32.1. The highest BCUT2D eigenvalue weighted by Gasteiger charge is 2.12. The molecule has 1 N–H and O–H groups in total. The first kappa shape index (κ1) is 14.8. The molecule has 0 fully saturated rings. The molecule has 112 valence electrons. The summed E-state index contributed by atoms with van der Waals surface area (Å²) >= 11 is 1.89. The normalized spacial score (nSPS) is 15.7. The summed E-state index contributed by atoms with van der Waals surface area (Å²) in [6.07, 6.45) is 2.39. The van der Waals surface area contributed by atoms with Crippen LogP contribution in [0.5, 0.6) is 0 Å². The van der Waals surface area contributed by atoms with E-state index in [9.17, 15) is 0 Å². The van der Waals surface area contributed by atoms with E-state index in [0.717, 1.165) is 19.6 Å². The summed E-state index contributed by atoms with van der Waals surface area (Å²) in [7, 11) is 0. The van der Waals surface area contributed by atoms with Gasteiger partial charge in [0.05, 0.1) is 0 Å². The topological polar surface area (TPSA) is 15.3 Å². The van der Waals surface area contributed by atoms with E-state index in [1.54, 1.807) is 11.1 Å². The van der Waals surface area contributed by atoms with Gasteiger partial charge in [-0.25, -0.2) is 0 Å². The number of aryl methyl sites for hydroxylation is 1. The second-order valence-corrected chi connectivity index (χ2v) is 7.17. The third kappa shape index (κ3) is 4.16. The predicted molar refractivity (Wildman–Crippen MR) is 91.1 cm³/mol. The van der Waals surface area contributed by atoms with E-state index in [1.165, 1.54) is 35.7 Å². The highest BCUT2D eigenvalue weighted by molar-refractivity contribution is 7.11. The van der Waals surface area contributed by atoms with Crippen LogP contribution in [0, 0.1) is 6.92 Å². The summed E-state index contributed by atoms with van der Waals surface area (Å²) < 4.78 is 0. The lowest BCUT2D eigenvalue weighted by molar-refractivity contribution is 0.286.